The number of hydrogen-bond donors (Lipinski definition) is 2. The number of nitrogens with zero attached hydrogens (tertiary/aromatic N) is 3. The molecule has 0 unspecified atom stereocenters. The third-order valence-corrected chi connectivity index (χ3v) is 5.52. The zero-order valence-electron chi connectivity index (χ0n) is 16.9. The molecule has 8 heteroatoms. The minimum Gasteiger partial charge on any atom is -0.379 e. The number of ether oxygens (including phenoxy) is 2. The first-order chi connectivity index (χ1) is 14.7. The fraction of sp³-hybridized carbons (Fsp3) is 0.500. The van der Waals surface area contributed by atoms with Crippen molar-refractivity contribution in [1.82, 2.24) is 20.4 Å². The van der Waals surface area contributed by atoms with Crippen LogP contribution < -0.4 is 10.6 Å². The van der Waals surface area contributed by atoms with E-state index in [0.717, 1.165) is 42.7 Å². The van der Waals surface area contributed by atoms with E-state index in [1.54, 1.807) is 0 Å². The number of aromatic nitrogens is 2. The van der Waals surface area contributed by atoms with Crippen LogP contribution in [0.1, 0.15) is 24.4 Å². The van der Waals surface area contributed by atoms with Crippen LogP contribution in [0.4, 0.5) is 0 Å². The molecule has 2 fully saturated rings. The number of hydrogen-bond acceptors (Lipinski definition) is 6. The Hall–Kier alpha value is -2.73. The molecule has 1 aromatic heterocycles. The van der Waals surface area contributed by atoms with E-state index >= 15 is 0 Å². The van der Waals surface area contributed by atoms with Gasteiger partial charge in [0.05, 0.1) is 24.9 Å². The van der Waals surface area contributed by atoms with Gasteiger partial charge in [-0.25, -0.2) is 0 Å². The Balaban J connectivity index is 1.35. The standard InChI is InChI=1S/C22H27N5O3/c23-11-19(26-22(28)21-13-24-7-1-8-30-21)10-16-2-4-17(5-3-16)18-12-25-27(14-18)20-6-9-29-15-20/h2-5,12,14,19-21,24H,1,6-10,13,15H2,(H,26,28)/t19-,20+,21-/m0/s1. The Morgan fingerprint density at radius 2 is 2.20 bits per heavy atom. The number of carbonyl (C=O) groups excluding carboxylic acids is 1. The molecule has 0 bridgehead atoms. The summed E-state index contributed by atoms with van der Waals surface area (Å²) in [6.45, 7) is 3.36. The molecular formula is C22H27N5O3. The third-order valence-electron chi connectivity index (χ3n) is 5.52. The molecule has 0 aliphatic carbocycles. The minimum absolute atomic E-state index is 0.240. The first kappa shape index (κ1) is 20.5. The number of rotatable bonds is 6. The molecule has 0 radical (unpaired) electrons. The summed E-state index contributed by atoms with van der Waals surface area (Å²) in [7, 11) is 0. The van der Waals surface area contributed by atoms with Crippen molar-refractivity contribution in [1.29, 1.82) is 5.26 Å². The smallest absolute Gasteiger partial charge is 0.251 e. The predicted molar refractivity (Wildman–Crippen MR) is 111 cm³/mol. The van der Waals surface area contributed by atoms with E-state index in [0.29, 0.717) is 32.2 Å². The average Bonchev–Trinajstić information content (AvgIpc) is 3.40. The molecule has 3 atom stereocenters. The monoisotopic (exact) mass is 409 g/mol. The molecule has 2 saturated heterocycles. The van der Waals surface area contributed by atoms with Gasteiger partial charge in [0.1, 0.15) is 12.1 Å². The Morgan fingerprint density at radius 3 is 2.97 bits per heavy atom. The summed E-state index contributed by atoms with van der Waals surface area (Å²) < 4.78 is 13.0. The van der Waals surface area contributed by atoms with Gasteiger partial charge in [0, 0.05) is 37.9 Å². The number of nitriles is 1. The van der Waals surface area contributed by atoms with Crippen LogP contribution in [0.3, 0.4) is 0 Å². The lowest BCUT2D eigenvalue weighted by Crippen LogP contribution is -2.46. The molecule has 0 saturated carbocycles. The summed E-state index contributed by atoms with van der Waals surface area (Å²) in [5.41, 5.74) is 3.11. The second kappa shape index (κ2) is 9.85. The highest BCUT2D eigenvalue weighted by Gasteiger charge is 2.23. The topological polar surface area (TPSA) is 101 Å². The summed E-state index contributed by atoms with van der Waals surface area (Å²) in [6.07, 6.45) is 5.68. The van der Waals surface area contributed by atoms with Crippen molar-refractivity contribution < 1.29 is 14.3 Å². The molecule has 3 heterocycles. The molecule has 158 valence electrons. The minimum atomic E-state index is -0.597. The molecule has 0 spiro atoms. The molecule has 4 rings (SSSR count). The van der Waals surface area contributed by atoms with Gasteiger partial charge in [-0.15, -0.1) is 0 Å². The summed E-state index contributed by atoms with van der Waals surface area (Å²) >= 11 is 0. The zero-order chi connectivity index (χ0) is 20.8. The summed E-state index contributed by atoms with van der Waals surface area (Å²) in [6, 6.07) is 9.93. The lowest BCUT2D eigenvalue weighted by molar-refractivity contribution is -0.132. The first-order valence-corrected chi connectivity index (χ1v) is 10.5. The molecule has 8 nitrogen and oxygen atoms in total. The van der Waals surface area contributed by atoms with Crippen molar-refractivity contribution in [3.8, 4) is 17.2 Å². The van der Waals surface area contributed by atoms with E-state index in [1.807, 2.05) is 41.3 Å². The van der Waals surface area contributed by atoms with Crippen molar-refractivity contribution in [3.05, 3.63) is 42.2 Å². The molecular weight excluding hydrogens is 382 g/mol. The molecule has 2 aliphatic rings. The normalized spacial score (nSPS) is 22.8. The Kier molecular flexibility index (Phi) is 6.74. The number of amides is 1. The molecule has 2 aromatic rings. The largest absolute Gasteiger partial charge is 0.379 e. The SMILES string of the molecule is N#C[C@H](Cc1ccc(-c2cnn([C@@H]3CCOC3)c2)cc1)NC(=O)[C@@H]1CNCCCO1. The van der Waals surface area contributed by atoms with Crippen LogP contribution >= 0.6 is 0 Å². The molecule has 30 heavy (non-hydrogen) atoms. The maximum Gasteiger partial charge on any atom is 0.251 e. The van der Waals surface area contributed by atoms with E-state index in [9.17, 15) is 10.1 Å². The van der Waals surface area contributed by atoms with Gasteiger partial charge in [0.25, 0.3) is 5.91 Å². The van der Waals surface area contributed by atoms with Gasteiger partial charge in [0.15, 0.2) is 0 Å². The van der Waals surface area contributed by atoms with Crippen LogP contribution in [0, 0.1) is 11.3 Å². The predicted octanol–water partition coefficient (Wildman–Crippen LogP) is 1.44. The Bertz CT molecular complexity index is 875. The van der Waals surface area contributed by atoms with E-state index in [2.05, 4.69) is 21.8 Å². The third kappa shape index (κ3) is 5.05. The maximum absolute atomic E-state index is 12.4. The molecule has 1 aromatic carbocycles. The lowest BCUT2D eigenvalue weighted by Gasteiger charge is -2.18. The van der Waals surface area contributed by atoms with Gasteiger partial charge in [0.2, 0.25) is 0 Å². The second-order valence-electron chi connectivity index (χ2n) is 7.73. The Labute approximate surface area is 176 Å². The molecule has 2 N–H and O–H groups in total. The van der Waals surface area contributed by atoms with Gasteiger partial charge < -0.3 is 20.1 Å². The molecule has 1 amide bonds. The van der Waals surface area contributed by atoms with Gasteiger partial charge >= 0.3 is 0 Å². The first-order valence-electron chi connectivity index (χ1n) is 10.5. The van der Waals surface area contributed by atoms with Crippen molar-refractivity contribution in [2.45, 2.75) is 37.5 Å². The number of nitrogens with one attached hydrogen (secondary N) is 2. The average molecular weight is 409 g/mol. The Morgan fingerprint density at radius 1 is 1.33 bits per heavy atom. The van der Waals surface area contributed by atoms with Crippen LogP contribution in [-0.4, -0.2) is 60.7 Å². The fourth-order valence-electron chi connectivity index (χ4n) is 3.76. The number of benzene rings is 1. The zero-order valence-corrected chi connectivity index (χ0v) is 16.9. The highest BCUT2D eigenvalue weighted by atomic mass is 16.5. The van der Waals surface area contributed by atoms with E-state index < -0.39 is 12.1 Å². The van der Waals surface area contributed by atoms with E-state index in [4.69, 9.17) is 9.47 Å². The van der Waals surface area contributed by atoms with Crippen LogP contribution in [0.25, 0.3) is 11.1 Å². The van der Waals surface area contributed by atoms with Crippen LogP contribution in [-0.2, 0) is 20.7 Å². The maximum atomic E-state index is 12.4. The van der Waals surface area contributed by atoms with Crippen molar-refractivity contribution in [2.24, 2.45) is 0 Å². The van der Waals surface area contributed by atoms with Crippen molar-refractivity contribution in [3.63, 3.8) is 0 Å². The van der Waals surface area contributed by atoms with Crippen LogP contribution in [0.2, 0.25) is 0 Å². The highest BCUT2D eigenvalue weighted by Crippen LogP contribution is 2.24. The van der Waals surface area contributed by atoms with E-state index in [-0.39, 0.29) is 5.91 Å². The van der Waals surface area contributed by atoms with Gasteiger partial charge in [-0.2, -0.15) is 10.4 Å². The van der Waals surface area contributed by atoms with Gasteiger partial charge in [-0.3, -0.25) is 9.48 Å². The summed E-state index contributed by atoms with van der Waals surface area (Å²) in [5.74, 6) is -0.240. The summed E-state index contributed by atoms with van der Waals surface area (Å²) in [4.78, 5) is 12.4. The fourth-order valence-corrected chi connectivity index (χ4v) is 3.76. The van der Waals surface area contributed by atoms with Crippen LogP contribution in [0.15, 0.2) is 36.7 Å². The van der Waals surface area contributed by atoms with Crippen molar-refractivity contribution >= 4 is 5.91 Å². The van der Waals surface area contributed by atoms with Gasteiger partial charge in [-0.05, 0) is 30.5 Å². The highest BCUT2D eigenvalue weighted by molar-refractivity contribution is 5.81. The second-order valence-corrected chi connectivity index (χ2v) is 7.73. The van der Waals surface area contributed by atoms with E-state index in [1.165, 1.54) is 0 Å². The van der Waals surface area contributed by atoms with Gasteiger partial charge in [-0.1, -0.05) is 24.3 Å². The summed E-state index contributed by atoms with van der Waals surface area (Å²) in [5, 5.41) is 19.9. The van der Waals surface area contributed by atoms with Crippen molar-refractivity contribution in [2.75, 3.05) is 32.9 Å². The number of carbonyl (C=O) groups is 1. The molecule has 2 aliphatic heterocycles. The lowest BCUT2D eigenvalue weighted by atomic mass is 10.0. The quantitative estimate of drug-likeness (QED) is 0.749. The van der Waals surface area contributed by atoms with Crippen LogP contribution in [0.5, 0.6) is 0 Å².